The van der Waals surface area contributed by atoms with Crippen LogP contribution in [-0.4, -0.2) is 23.3 Å². The van der Waals surface area contributed by atoms with Crippen molar-refractivity contribution in [3.8, 4) is 0 Å². The van der Waals surface area contributed by atoms with E-state index in [4.69, 9.17) is 0 Å². The molecule has 6 heteroatoms. The molecule has 1 aromatic heterocycles. The fourth-order valence-electron chi connectivity index (χ4n) is 1.06. The average molecular weight is 255 g/mol. The van der Waals surface area contributed by atoms with E-state index in [1.807, 2.05) is 27.7 Å². The number of hydrogen-bond acceptors (Lipinski definition) is 4. The first-order chi connectivity index (χ1) is 7.90. The molecule has 0 unspecified atom stereocenters. The zero-order valence-corrected chi connectivity index (χ0v) is 11.3. The van der Waals surface area contributed by atoms with Crippen LogP contribution in [0.2, 0.25) is 0 Å². The summed E-state index contributed by atoms with van der Waals surface area (Å²) >= 11 is 1.36. The van der Waals surface area contributed by atoms with Crippen molar-refractivity contribution in [3.05, 3.63) is 10.6 Å². The predicted octanol–water partition coefficient (Wildman–Crippen LogP) is 1.47. The maximum atomic E-state index is 11.5. The predicted molar refractivity (Wildman–Crippen MR) is 68.1 cm³/mol. The Hall–Kier alpha value is -1.43. The number of nitrogens with one attached hydrogen (secondary N) is 2. The second-order valence-electron chi connectivity index (χ2n) is 4.22. The highest BCUT2D eigenvalue weighted by Crippen LogP contribution is 2.20. The highest BCUT2D eigenvalue weighted by molar-refractivity contribution is 7.15. The number of thiazole rings is 1. The second kappa shape index (κ2) is 5.77. The van der Waals surface area contributed by atoms with Crippen LogP contribution in [0.5, 0.6) is 0 Å². The largest absolute Gasteiger partial charge is 0.348 e. The summed E-state index contributed by atoms with van der Waals surface area (Å²) in [6.45, 7) is 8.20. The Morgan fingerprint density at radius 1 is 1.29 bits per heavy atom. The number of anilines is 1. The molecule has 1 aromatic rings. The number of aromatic nitrogens is 1. The van der Waals surface area contributed by atoms with Crippen molar-refractivity contribution in [2.45, 2.75) is 27.7 Å². The quantitative estimate of drug-likeness (QED) is 0.803. The number of aryl methyl sites for hydroxylation is 2. The van der Waals surface area contributed by atoms with Crippen molar-refractivity contribution in [1.82, 2.24) is 10.3 Å². The minimum absolute atomic E-state index is 0.316. The Bertz CT molecular complexity index is 407. The molecular formula is C11H17N3O2S. The van der Waals surface area contributed by atoms with E-state index in [0.29, 0.717) is 17.6 Å². The summed E-state index contributed by atoms with van der Waals surface area (Å²) in [7, 11) is 0. The first kappa shape index (κ1) is 13.6. The molecule has 0 spiro atoms. The molecular weight excluding hydrogens is 238 g/mol. The van der Waals surface area contributed by atoms with Crippen LogP contribution in [0.25, 0.3) is 0 Å². The monoisotopic (exact) mass is 255 g/mol. The summed E-state index contributed by atoms with van der Waals surface area (Å²) in [4.78, 5) is 28.1. The highest BCUT2D eigenvalue weighted by Gasteiger charge is 2.15. The zero-order chi connectivity index (χ0) is 13.0. The Balaban J connectivity index is 2.51. The van der Waals surface area contributed by atoms with E-state index < -0.39 is 11.8 Å². The molecule has 1 heterocycles. The lowest BCUT2D eigenvalue weighted by molar-refractivity contribution is -0.136. The standard InChI is InChI=1S/C11H17N3O2S/c1-6(2)5-12-9(15)10(16)14-11-13-7(3)8(4)17-11/h6H,5H2,1-4H3,(H,12,15)(H,13,14,16). The average Bonchev–Trinajstić information content (AvgIpc) is 2.54. The highest BCUT2D eigenvalue weighted by atomic mass is 32.1. The molecule has 0 aliphatic carbocycles. The van der Waals surface area contributed by atoms with Crippen LogP contribution in [0.15, 0.2) is 0 Å². The van der Waals surface area contributed by atoms with E-state index in [1.54, 1.807) is 0 Å². The van der Waals surface area contributed by atoms with E-state index >= 15 is 0 Å². The first-order valence-corrected chi connectivity index (χ1v) is 6.25. The molecule has 0 atom stereocenters. The number of hydrogen-bond donors (Lipinski definition) is 2. The summed E-state index contributed by atoms with van der Waals surface area (Å²) in [5.41, 5.74) is 0.868. The van der Waals surface area contributed by atoms with Gasteiger partial charge in [0.1, 0.15) is 0 Å². The van der Waals surface area contributed by atoms with Crippen molar-refractivity contribution < 1.29 is 9.59 Å². The summed E-state index contributed by atoms with van der Waals surface area (Å²) in [6.07, 6.45) is 0. The van der Waals surface area contributed by atoms with Gasteiger partial charge in [-0.05, 0) is 19.8 Å². The third-order valence-electron chi connectivity index (χ3n) is 2.13. The fourth-order valence-corrected chi connectivity index (χ4v) is 1.87. The smallest absolute Gasteiger partial charge is 0.315 e. The molecule has 94 valence electrons. The van der Waals surface area contributed by atoms with Gasteiger partial charge in [-0.15, -0.1) is 11.3 Å². The van der Waals surface area contributed by atoms with Gasteiger partial charge < -0.3 is 5.32 Å². The summed E-state index contributed by atoms with van der Waals surface area (Å²) < 4.78 is 0. The first-order valence-electron chi connectivity index (χ1n) is 5.43. The number of amides is 2. The van der Waals surface area contributed by atoms with Gasteiger partial charge in [0.15, 0.2) is 5.13 Å². The Labute approximate surface area is 105 Å². The van der Waals surface area contributed by atoms with E-state index in [2.05, 4.69) is 15.6 Å². The molecule has 2 N–H and O–H groups in total. The molecule has 0 radical (unpaired) electrons. The Morgan fingerprint density at radius 3 is 2.41 bits per heavy atom. The minimum Gasteiger partial charge on any atom is -0.348 e. The van der Waals surface area contributed by atoms with Crippen LogP contribution in [0.4, 0.5) is 5.13 Å². The SMILES string of the molecule is Cc1nc(NC(=O)C(=O)NCC(C)C)sc1C. The molecule has 0 bridgehead atoms. The van der Waals surface area contributed by atoms with Crippen molar-refractivity contribution in [2.75, 3.05) is 11.9 Å². The normalized spacial score (nSPS) is 10.4. The molecule has 0 aliphatic heterocycles. The molecule has 5 nitrogen and oxygen atoms in total. The Kier molecular flexibility index (Phi) is 4.62. The van der Waals surface area contributed by atoms with Crippen LogP contribution < -0.4 is 10.6 Å². The number of carbonyl (C=O) groups excluding carboxylic acids is 2. The van der Waals surface area contributed by atoms with Gasteiger partial charge in [0.2, 0.25) is 0 Å². The molecule has 0 saturated heterocycles. The number of rotatable bonds is 3. The lowest BCUT2D eigenvalue weighted by Crippen LogP contribution is -2.37. The summed E-state index contributed by atoms with van der Waals surface area (Å²) in [5, 5.41) is 5.50. The molecule has 0 fully saturated rings. The fraction of sp³-hybridized carbons (Fsp3) is 0.545. The van der Waals surface area contributed by atoms with Gasteiger partial charge in [-0.2, -0.15) is 0 Å². The molecule has 17 heavy (non-hydrogen) atoms. The van der Waals surface area contributed by atoms with Gasteiger partial charge in [0.05, 0.1) is 5.69 Å². The van der Waals surface area contributed by atoms with E-state index in [1.165, 1.54) is 11.3 Å². The minimum atomic E-state index is -0.667. The van der Waals surface area contributed by atoms with Gasteiger partial charge in [-0.1, -0.05) is 13.8 Å². The maximum absolute atomic E-state index is 11.5. The third kappa shape index (κ3) is 4.14. The van der Waals surface area contributed by atoms with Crippen LogP contribution in [0.1, 0.15) is 24.4 Å². The zero-order valence-electron chi connectivity index (χ0n) is 10.5. The summed E-state index contributed by atoms with van der Waals surface area (Å²) in [6, 6.07) is 0. The molecule has 2 amide bonds. The molecule has 0 aromatic carbocycles. The van der Waals surface area contributed by atoms with Crippen LogP contribution in [0.3, 0.4) is 0 Å². The van der Waals surface area contributed by atoms with Crippen LogP contribution in [-0.2, 0) is 9.59 Å². The third-order valence-corrected chi connectivity index (χ3v) is 3.11. The van der Waals surface area contributed by atoms with E-state index in [-0.39, 0.29) is 0 Å². The maximum Gasteiger partial charge on any atom is 0.315 e. The topological polar surface area (TPSA) is 71.1 Å². The van der Waals surface area contributed by atoms with Gasteiger partial charge in [-0.25, -0.2) is 4.98 Å². The lowest BCUT2D eigenvalue weighted by atomic mass is 10.2. The van der Waals surface area contributed by atoms with Crippen LogP contribution in [0, 0.1) is 19.8 Å². The van der Waals surface area contributed by atoms with E-state index in [0.717, 1.165) is 10.6 Å². The van der Waals surface area contributed by atoms with Crippen molar-refractivity contribution >= 4 is 28.3 Å². The lowest BCUT2D eigenvalue weighted by Gasteiger charge is -2.06. The molecule has 0 saturated carbocycles. The van der Waals surface area contributed by atoms with Gasteiger partial charge in [0, 0.05) is 11.4 Å². The number of carbonyl (C=O) groups is 2. The van der Waals surface area contributed by atoms with Crippen LogP contribution >= 0.6 is 11.3 Å². The van der Waals surface area contributed by atoms with Gasteiger partial charge >= 0.3 is 11.8 Å². The molecule has 1 rings (SSSR count). The Morgan fingerprint density at radius 2 is 1.94 bits per heavy atom. The molecule has 0 aliphatic rings. The van der Waals surface area contributed by atoms with Gasteiger partial charge in [0.25, 0.3) is 0 Å². The van der Waals surface area contributed by atoms with Crippen molar-refractivity contribution in [2.24, 2.45) is 5.92 Å². The van der Waals surface area contributed by atoms with Crippen molar-refractivity contribution in [1.29, 1.82) is 0 Å². The number of nitrogens with zero attached hydrogens (tertiary/aromatic N) is 1. The second-order valence-corrected chi connectivity index (χ2v) is 5.42. The summed E-state index contributed by atoms with van der Waals surface area (Å²) in [5.74, 6) is -0.972. The van der Waals surface area contributed by atoms with Gasteiger partial charge in [-0.3, -0.25) is 14.9 Å². The van der Waals surface area contributed by atoms with E-state index in [9.17, 15) is 9.59 Å². The van der Waals surface area contributed by atoms with Crippen molar-refractivity contribution in [3.63, 3.8) is 0 Å².